The van der Waals surface area contributed by atoms with Crippen molar-refractivity contribution in [3.63, 3.8) is 0 Å². The van der Waals surface area contributed by atoms with Gasteiger partial charge in [-0.3, -0.25) is 0 Å². The zero-order valence-corrected chi connectivity index (χ0v) is 5.31. The average molecular weight is 137 g/mol. The molecule has 8 heavy (non-hydrogen) atoms. The molecule has 0 spiro atoms. The van der Waals surface area contributed by atoms with Gasteiger partial charge in [-0.1, -0.05) is 0 Å². The number of nitrogens with zero attached hydrogens (tertiary/aromatic N) is 1. The van der Waals surface area contributed by atoms with Crippen molar-refractivity contribution in [2.45, 2.75) is 0 Å². The van der Waals surface area contributed by atoms with Crippen LogP contribution in [-0.4, -0.2) is 32.8 Å². The van der Waals surface area contributed by atoms with Crippen molar-refractivity contribution in [1.29, 1.82) is 0 Å². The van der Waals surface area contributed by atoms with Gasteiger partial charge < -0.3 is 0 Å². The summed E-state index contributed by atoms with van der Waals surface area (Å²) in [6.45, 7) is 1.46. The molecule has 48 valence electrons. The molecule has 1 saturated heterocycles. The van der Waals surface area contributed by atoms with E-state index in [9.17, 15) is 8.42 Å². The Kier molecular flexibility index (Phi) is 1.26. The standard InChI is InChI=1S/C3H7NO3S/c1-8(5,6)7-4-2-3-4/h2-3H2,1H3. The van der Waals surface area contributed by atoms with Gasteiger partial charge in [0.15, 0.2) is 0 Å². The molecule has 0 aromatic heterocycles. The quantitative estimate of drug-likeness (QED) is 0.467. The summed E-state index contributed by atoms with van der Waals surface area (Å²) >= 11 is 0. The third-order valence-corrected chi connectivity index (χ3v) is 1.13. The predicted octanol–water partition coefficient (Wildman–Crippen LogP) is -0.807. The van der Waals surface area contributed by atoms with Crippen LogP contribution in [0.2, 0.25) is 0 Å². The molecule has 0 N–H and O–H groups in total. The van der Waals surface area contributed by atoms with E-state index < -0.39 is 10.1 Å². The van der Waals surface area contributed by atoms with Crippen molar-refractivity contribution >= 4 is 10.1 Å². The Hall–Kier alpha value is -0.130. The normalized spacial score (nSPS) is 21.1. The number of hydroxylamine groups is 2. The van der Waals surface area contributed by atoms with E-state index >= 15 is 0 Å². The minimum absolute atomic E-state index is 0.729. The van der Waals surface area contributed by atoms with E-state index in [0.717, 1.165) is 19.3 Å². The molecule has 0 amide bonds. The maximum atomic E-state index is 10.2. The fourth-order valence-electron chi connectivity index (χ4n) is 0.307. The van der Waals surface area contributed by atoms with Gasteiger partial charge in [0.25, 0.3) is 10.1 Å². The van der Waals surface area contributed by atoms with Crippen molar-refractivity contribution in [2.75, 3.05) is 19.3 Å². The number of rotatable bonds is 2. The maximum absolute atomic E-state index is 10.2. The molecule has 0 aliphatic carbocycles. The van der Waals surface area contributed by atoms with E-state index in [1.165, 1.54) is 5.06 Å². The smallest absolute Gasteiger partial charge is 0.198 e. The van der Waals surface area contributed by atoms with Crippen LogP contribution in [-0.2, 0) is 14.4 Å². The van der Waals surface area contributed by atoms with E-state index in [4.69, 9.17) is 0 Å². The topological polar surface area (TPSA) is 46.4 Å². The van der Waals surface area contributed by atoms with Crippen LogP contribution in [0.25, 0.3) is 0 Å². The van der Waals surface area contributed by atoms with Gasteiger partial charge >= 0.3 is 0 Å². The summed E-state index contributed by atoms with van der Waals surface area (Å²) in [5.41, 5.74) is 0. The highest BCUT2D eigenvalue weighted by molar-refractivity contribution is 7.85. The van der Waals surface area contributed by atoms with E-state index in [-0.39, 0.29) is 0 Å². The van der Waals surface area contributed by atoms with Gasteiger partial charge in [0.2, 0.25) is 0 Å². The van der Waals surface area contributed by atoms with E-state index in [1.54, 1.807) is 0 Å². The highest BCUT2D eigenvalue weighted by Crippen LogP contribution is 2.06. The Morgan fingerprint density at radius 1 is 1.50 bits per heavy atom. The zero-order valence-electron chi connectivity index (χ0n) is 4.49. The first-order valence-electron chi connectivity index (χ1n) is 2.22. The Morgan fingerprint density at radius 3 is 2.12 bits per heavy atom. The molecule has 1 heterocycles. The van der Waals surface area contributed by atoms with Gasteiger partial charge in [0, 0.05) is 13.1 Å². The van der Waals surface area contributed by atoms with Crippen molar-refractivity contribution in [1.82, 2.24) is 5.06 Å². The van der Waals surface area contributed by atoms with Crippen LogP contribution in [0, 0.1) is 0 Å². The molecule has 1 aliphatic heterocycles. The van der Waals surface area contributed by atoms with Crippen LogP contribution in [0.5, 0.6) is 0 Å². The Bertz CT molecular complexity index is 169. The van der Waals surface area contributed by atoms with Crippen LogP contribution in [0.15, 0.2) is 0 Å². The summed E-state index contributed by atoms with van der Waals surface area (Å²) in [5.74, 6) is 0. The van der Waals surface area contributed by atoms with Crippen molar-refractivity contribution < 1.29 is 12.7 Å². The molecule has 0 bridgehead atoms. The third kappa shape index (κ3) is 2.25. The second-order valence-electron chi connectivity index (χ2n) is 1.71. The lowest BCUT2D eigenvalue weighted by atomic mass is 11.0. The zero-order chi connectivity index (χ0) is 6.20. The summed E-state index contributed by atoms with van der Waals surface area (Å²) in [6, 6.07) is 0. The second-order valence-corrected chi connectivity index (χ2v) is 3.26. The molecule has 5 heteroatoms. The molecule has 0 radical (unpaired) electrons. The van der Waals surface area contributed by atoms with Crippen LogP contribution in [0.1, 0.15) is 0 Å². The largest absolute Gasteiger partial charge is 0.280 e. The SMILES string of the molecule is CS(=O)(=O)ON1CC1. The van der Waals surface area contributed by atoms with E-state index in [0.29, 0.717) is 0 Å². The molecular formula is C3H7NO3S. The lowest BCUT2D eigenvalue weighted by Crippen LogP contribution is -2.07. The van der Waals surface area contributed by atoms with Crippen LogP contribution in [0.3, 0.4) is 0 Å². The minimum atomic E-state index is -3.23. The molecule has 0 atom stereocenters. The van der Waals surface area contributed by atoms with Gasteiger partial charge in [-0.05, 0) is 0 Å². The van der Waals surface area contributed by atoms with Gasteiger partial charge in [-0.25, -0.2) is 0 Å². The van der Waals surface area contributed by atoms with Crippen molar-refractivity contribution in [3.8, 4) is 0 Å². The Balaban J connectivity index is 2.38. The first-order chi connectivity index (χ1) is 3.58. The van der Waals surface area contributed by atoms with E-state index in [1.807, 2.05) is 0 Å². The molecule has 0 unspecified atom stereocenters. The molecule has 0 aromatic carbocycles. The molecule has 1 rings (SSSR count). The molecule has 4 nitrogen and oxygen atoms in total. The number of hydrogen-bond acceptors (Lipinski definition) is 4. The molecule has 1 aliphatic rings. The lowest BCUT2D eigenvalue weighted by Gasteiger charge is -1.94. The fourth-order valence-corrected chi connectivity index (χ4v) is 0.839. The van der Waals surface area contributed by atoms with Gasteiger partial charge in [-0.15, -0.1) is 0 Å². The van der Waals surface area contributed by atoms with Crippen LogP contribution < -0.4 is 0 Å². The van der Waals surface area contributed by atoms with Gasteiger partial charge in [0.1, 0.15) is 0 Å². The van der Waals surface area contributed by atoms with Crippen LogP contribution in [0.4, 0.5) is 0 Å². The molecule has 1 fully saturated rings. The van der Waals surface area contributed by atoms with Gasteiger partial charge in [0.05, 0.1) is 6.26 Å². The second kappa shape index (κ2) is 1.68. The summed E-state index contributed by atoms with van der Waals surface area (Å²) in [4.78, 5) is 0. The molecule has 0 saturated carbocycles. The highest BCUT2D eigenvalue weighted by Gasteiger charge is 2.22. The first kappa shape index (κ1) is 6.00. The summed E-state index contributed by atoms with van der Waals surface area (Å²) < 4.78 is 24.8. The monoisotopic (exact) mass is 137 g/mol. The van der Waals surface area contributed by atoms with Crippen LogP contribution >= 0.6 is 0 Å². The Labute approximate surface area is 48.1 Å². The Morgan fingerprint density at radius 2 is 2.00 bits per heavy atom. The number of hydrogen-bond donors (Lipinski definition) is 0. The van der Waals surface area contributed by atoms with Crippen molar-refractivity contribution in [3.05, 3.63) is 0 Å². The van der Waals surface area contributed by atoms with Crippen molar-refractivity contribution in [2.24, 2.45) is 0 Å². The average Bonchev–Trinajstić information content (AvgIpc) is 2.12. The van der Waals surface area contributed by atoms with Gasteiger partial charge in [-0.2, -0.15) is 17.8 Å². The molecular weight excluding hydrogens is 130 g/mol. The predicted molar refractivity (Wildman–Crippen MR) is 27.5 cm³/mol. The highest BCUT2D eigenvalue weighted by atomic mass is 32.2. The molecule has 0 aromatic rings. The lowest BCUT2D eigenvalue weighted by molar-refractivity contribution is 0.0804. The third-order valence-electron chi connectivity index (χ3n) is 0.647. The summed E-state index contributed by atoms with van der Waals surface area (Å²) in [5, 5.41) is 1.37. The summed E-state index contributed by atoms with van der Waals surface area (Å²) in [7, 11) is -3.23. The minimum Gasteiger partial charge on any atom is -0.198 e. The van der Waals surface area contributed by atoms with E-state index in [2.05, 4.69) is 4.28 Å². The summed E-state index contributed by atoms with van der Waals surface area (Å²) in [6.07, 6.45) is 1.03. The first-order valence-corrected chi connectivity index (χ1v) is 4.04. The maximum Gasteiger partial charge on any atom is 0.280 e. The fraction of sp³-hybridized carbons (Fsp3) is 1.00.